The summed E-state index contributed by atoms with van der Waals surface area (Å²) in [4.78, 5) is 15.8. The summed E-state index contributed by atoms with van der Waals surface area (Å²) < 4.78 is 1.97. The number of nitrogens with zero attached hydrogens (tertiary/aromatic N) is 3. The first kappa shape index (κ1) is 13.5. The molecule has 0 saturated heterocycles. The largest absolute Gasteiger partial charge is 0.505 e. The molecule has 0 fully saturated rings. The third-order valence-corrected chi connectivity index (χ3v) is 3.87. The van der Waals surface area contributed by atoms with Gasteiger partial charge in [0.25, 0.3) is 0 Å². The second-order valence-electron chi connectivity index (χ2n) is 5.20. The first-order valence-corrected chi connectivity index (χ1v) is 7.12. The van der Waals surface area contributed by atoms with Gasteiger partial charge in [-0.25, -0.2) is 4.98 Å². The molecule has 21 heavy (non-hydrogen) atoms. The van der Waals surface area contributed by atoms with E-state index in [9.17, 15) is 10.0 Å². The number of phenolic OH excluding ortho intramolecular Hbond substituents is 1. The van der Waals surface area contributed by atoms with Crippen molar-refractivity contribution in [3.63, 3.8) is 0 Å². The van der Waals surface area contributed by atoms with Crippen LogP contribution in [0.2, 0.25) is 0 Å². The molecule has 0 radical (unpaired) electrons. The van der Waals surface area contributed by atoms with E-state index >= 15 is 0 Å². The van der Waals surface area contributed by atoms with Crippen molar-refractivity contribution in [2.75, 3.05) is 0 Å². The molecule has 108 valence electrons. The van der Waals surface area contributed by atoms with Crippen molar-refractivity contribution >= 4 is 27.5 Å². The molecule has 0 saturated carbocycles. The second-order valence-corrected chi connectivity index (χ2v) is 5.20. The number of aromatic nitrogens is 2. The summed E-state index contributed by atoms with van der Waals surface area (Å²) in [5, 5.41) is 15.1. The molecule has 0 atom stereocenters. The summed E-state index contributed by atoms with van der Waals surface area (Å²) in [5.41, 5.74) is 1.39. The van der Waals surface area contributed by atoms with Crippen LogP contribution in [0.5, 0.6) is 5.75 Å². The van der Waals surface area contributed by atoms with Gasteiger partial charge in [-0.05, 0) is 18.5 Å². The van der Waals surface area contributed by atoms with Gasteiger partial charge >= 0.3 is 0 Å². The number of aryl methyl sites for hydroxylation is 2. The monoisotopic (exact) mass is 283 g/mol. The van der Waals surface area contributed by atoms with Gasteiger partial charge in [0.05, 0.1) is 0 Å². The first-order valence-electron chi connectivity index (χ1n) is 7.12. The second kappa shape index (κ2) is 5.16. The van der Waals surface area contributed by atoms with Crippen LogP contribution in [0.15, 0.2) is 29.4 Å². The van der Waals surface area contributed by atoms with Crippen LogP contribution in [0.4, 0.5) is 5.69 Å². The fourth-order valence-electron chi connectivity index (χ4n) is 2.80. The summed E-state index contributed by atoms with van der Waals surface area (Å²) in [7, 11) is 0. The fraction of sp³-hybridized carbons (Fsp3) is 0.312. The normalized spacial score (nSPS) is 11.3. The summed E-state index contributed by atoms with van der Waals surface area (Å²) in [6.45, 7) is 4.76. The summed E-state index contributed by atoms with van der Waals surface area (Å²) in [6, 6.07) is 7.24. The Morgan fingerprint density at radius 3 is 2.67 bits per heavy atom. The maximum atomic E-state index is 11.3. The van der Waals surface area contributed by atoms with E-state index in [0.717, 1.165) is 25.2 Å². The Kier molecular flexibility index (Phi) is 3.33. The van der Waals surface area contributed by atoms with E-state index in [0.29, 0.717) is 27.5 Å². The Hall–Kier alpha value is -2.43. The van der Waals surface area contributed by atoms with E-state index in [-0.39, 0.29) is 5.75 Å². The number of hydrogen-bond donors (Lipinski definition) is 1. The van der Waals surface area contributed by atoms with Crippen molar-refractivity contribution in [1.82, 2.24) is 9.55 Å². The molecular formula is C16H17N3O2. The van der Waals surface area contributed by atoms with Gasteiger partial charge in [-0.15, -0.1) is 4.91 Å². The van der Waals surface area contributed by atoms with Gasteiger partial charge in [0.1, 0.15) is 28.3 Å². The zero-order valence-electron chi connectivity index (χ0n) is 12.1. The van der Waals surface area contributed by atoms with Gasteiger partial charge in [-0.3, -0.25) is 0 Å². The average molecular weight is 283 g/mol. The van der Waals surface area contributed by atoms with Crippen LogP contribution in [0.1, 0.15) is 25.6 Å². The van der Waals surface area contributed by atoms with Crippen molar-refractivity contribution in [1.29, 1.82) is 0 Å². The van der Waals surface area contributed by atoms with E-state index in [4.69, 9.17) is 0 Å². The van der Waals surface area contributed by atoms with Crippen molar-refractivity contribution in [2.24, 2.45) is 5.18 Å². The molecule has 1 heterocycles. The predicted molar refractivity (Wildman–Crippen MR) is 84.0 cm³/mol. The number of aromatic hydroxyl groups is 1. The molecule has 0 bridgehead atoms. The van der Waals surface area contributed by atoms with Crippen LogP contribution < -0.4 is 0 Å². The number of benzene rings is 2. The highest BCUT2D eigenvalue weighted by molar-refractivity contribution is 6.12. The van der Waals surface area contributed by atoms with Crippen LogP contribution in [-0.2, 0) is 6.54 Å². The van der Waals surface area contributed by atoms with Gasteiger partial charge in [0, 0.05) is 17.3 Å². The predicted octanol–water partition coefficient (Wildman–Crippen LogP) is 4.40. The van der Waals surface area contributed by atoms with Crippen molar-refractivity contribution < 1.29 is 5.11 Å². The van der Waals surface area contributed by atoms with E-state index in [2.05, 4.69) is 17.1 Å². The van der Waals surface area contributed by atoms with E-state index in [1.807, 2.05) is 23.6 Å². The molecule has 2 aromatic carbocycles. The number of unbranched alkanes of at least 4 members (excludes halogenated alkanes) is 1. The number of imidazole rings is 1. The Bertz CT molecular complexity index is 837. The van der Waals surface area contributed by atoms with Crippen LogP contribution in [-0.4, -0.2) is 14.7 Å². The summed E-state index contributed by atoms with van der Waals surface area (Å²) in [6.07, 6.45) is 2.04. The lowest BCUT2D eigenvalue weighted by molar-refractivity contribution is 0.482. The minimum Gasteiger partial charge on any atom is -0.505 e. The summed E-state index contributed by atoms with van der Waals surface area (Å²) >= 11 is 0. The molecular weight excluding hydrogens is 266 g/mol. The van der Waals surface area contributed by atoms with Gasteiger partial charge < -0.3 is 9.67 Å². The molecule has 1 aromatic heterocycles. The van der Waals surface area contributed by atoms with Gasteiger partial charge in [0.2, 0.25) is 0 Å². The highest BCUT2D eigenvalue weighted by atomic mass is 16.3. The van der Waals surface area contributed by atoms with E-state index < -0.39 is 0 Å². The number of fused-ring (bicyclic) bond motifs is 2. The lowest BCUT2D eigenvalue weighted by atomic mass is 10.1. The number of hydrogen-bond acceptors (Lipinski definition) is 4. The van der Waals surface area contributed by atoms with Crippen LogP contribution in [0.25, 0.3) is 21.8 Å². The Morgan fingerprint density at radius 1 is 1.29 bits per heavy atom. The molecule has 0 unspecified atom stereocenters. The highest BCUT2D eigenvalue weighted by Crippen LogP contribution is 2.42. The zero-order valence-corrected chi connectivity index (χ0v) is 12.1. The Labute approximate surface area is 122 Å². The van der Waals surface area contributed by atoms with Crippen molar-refractivity contribution in [2.45, 2.75) is 33.2 Å². The van der Waals surface area contributed by atoms with Crippen molar-refractivity contribution in [3.05, 3.63) is 35.0 Å². The van der Waals surface area contributed by atoms with Crippen molar-refractivity contribution in [3.8, 4) is 5.75 Å². The van der Waals surface area contributed by atoms with Crippen LogP contribution in [0, 0.1) is 11.8 Å². The molecule has 5 heteroatoms. The maximum absolute atomic E-state index is 11.3. The van der Waals surface area contributed by atoms with Gasteiger partial charge in [-0.2, -0.15) is 0 Å². The SMILES string of the molecule is CCCCn1c(C)nc2c(N=O)c3ccccc3c(O)c21. The van der Waals surface area contributed by atoms with Gasteiger partial charge in [-0.1, -0.05) is 37.6 Å². The lowest BCUT2D eigenvalue weighted by Crippen LogP contribution is -2.00. The Balaban J connectivity index is 2.45. The van der Waals surface area contributed by atoms with Gasteiger partial charge in [0.15, 0.2) is 0 Å². The quantitative estimate of drug-likeness (QED) is 0.721. The summed E-state index contributed by atoms with van der Waals surface area (Å²) in [5.74, 6) is 0.957. The van der Waals surface area contributed by atoms with Crippen LogP contribution in [0.3, 0.4) is 0 Å². The lowest BCUT2D eigenvalue weighted by Gasteiger charge is -2.09. The standard InChI is InChI=1S/C16H17N3O2/c1-3-4-9-19-10(2)17-14-13(18-21)11-7-5-6-8-12(11)16(20)15(14)19/h5-8,20H,3-4,9H2,1-2H3. The number of rotatable bonds is 4. The molecule has 0 spiro atoms. The van der Waals surface area contributed by atoms with E-state index in [1.54, 1.807) is 12.1 Å². The smallest absolute Gasteiger partial charge is 0.149 e. The minimum absolute atomic E-state index is 0.171. The minimum atomic E-state index is 0.171. The maximum Gasteiger partial charge on any atom is 0.149 e. The average Bonchev–Trinajstić information content (AvgIpc) is 2.82. The van der Waals surface area contributed by atoms with E-state index in [1.165, 1.54) is 0 Å². The molecule has 3 rings (SSSR count). The molecule has 0 amide bonds. The zero-order chi connectivity index (χ0) is 15.0. The molecule has 0 aliphatic heterocycles. The number of nitroso groups, excluding NO2 is 1. The first-order chi connectivity index (χ1) is 10.2. The third-order valence-electron chi connectivity index (χ3n) is 3.87. The highest BCUT2D eigenvalue weighted by Gasteiger charge is 2.20. The molecule has 5 nitrogen and oxygen atoms in total. The molecule has 3 aromatic rings. The molecule has 1 N–H and O–H groups in total. The Morgan fingerprint density at radius 2 is 2.00 bits per heavy atom. The van der Waals surface area contributed by atoms with Crippen LogP contribution >= 0.6 is 0 Å². The topological polar surface area (TPSA) is 67.5 Å². The fourth-order valence-corrected chi connectivity index (χ4v) is 2.80. The molecule has 0 aliphatic carbocycles. The number of phenols is 1. The third kappa shape index (κ3) is 1.96. The molecule has 0 aliphatic rings.